The van der Waals surface area contributed by atoms with Gasteiger partial charge in [-0.05, 0) is 18.6 Å². The molecule has 1 aliphatic rings. The first-order chi connectivity index (χ1) is 8.63. The third-order valence-corrected chi connectivity index (χ3v) is 3.20. The van der Waals surface area contributed by atoms with Gasteiger partial charge in [0.2, 0.25) is 0 Å². The van der Waals surface area contributed by atoms with Crippen LogP contribution >= 0.6 is 0 Å². The van der Waals surface area contributed by atoms with Crippen molar-refractivity contribution in [3.8, 4) is 0 Å². The molecule has 5 nitrogen and oxygen atoms in total. The van der Waals surface area contributed by atoms with Crippen molar-refractivity contribution >= 4 is 17.5 Å². The van der Waals surface area contributed by atoms with Crippen LogP contribution in [0.2, 0.25) is 0 Å². The second-order valence-electron chi connectivity index (χ2n) is 4.31. The number of hydrogen-bond donors (Lipinski definition) is 1. The Morgan fingerprint density at radius 2 is 1.72 bits per heavy atom. The molecule has 1 aromatic carbocycles. The number of nitrogens with zero attached hydrogens (tertiary/aromatic N) is 2. The average molecular weight is 247 g/mol. The van der Waals surface area contributed by atoms with E-state index in [0.29, 0.717) is 31.9 Å². The molecule has 0 aliphatic carbocycles. The molecule has 5 heteroatoms. The predicted molar refractivity (Wildman–Crippen MR) is 68.5 cm³/mol. The Morgan fingerprint density at radius 3 is 2.39 bits per heavy atom. The van der Waals surface area contributed by atoms with Crippen LogP contribution in [0.1, 0.15) is 12.5 Å². The predicted octanol–water partition coefficient (Wildman–Crippen LogP) is 0.459. The van der Waals surface area contributed by atoms with E-state index >= 15 is 0 Å². The highest BCUT2D eigenvalue weighted by atomic mass is 16.2. The number of hydrogen-bond acceptors (Lipinski definition) is 3. The van der Waals surface area contributed by atoms with E-state index in [1.807, 2.05) is 25.1 Å². The summed E-state index contributed by atoms with van der Waals surface area (Å²) in [6, 6.07) is 7.39. The number of rotatable bonds is 3. The van der Waals surface area contributed by atoms with Crippen LogP contribution in [0.3, 0.4) is 0 Å². The van der Waals surface area contributed by atoms with Crippen LogP contribution in [-0.2, 0) is 16.1 Å². The maximum atomic E-state index is 11.9. The molecule has 0 atom stereocenters. The van der Waals surface area contributed by atoms with E-state index in [1.54, 1.807) is 15.9 Å². The van der Waals surface area contributed by atoms with Gasteiger partial charge < -0.3 is 15.5 Å². The van der Waals surface area contributed by atoms with Crippen LogP contribution in [-0.4, -0.2) is 41.2 Å². The number of carbonyl (C=O) groups is 2. The van der Waals surface area contributed by atoms with Gasteiger partial charge in [0, 0.05) is 31.9 Å². The van der Waals surface area contributed by atoms with E-state index in [9.17, 15) is 9.59 Å². The summed E-state index contributed by atoms with van der Waals surface area (Å²) in [6.07, 6.45) is 0. The van der Waals surface area contributed by atoms with Crippen LogP contribution in [0.25, 0.3) is 0 Å². The minimum atomic E-state index is -0.439. The van der Waals surface area contributed by atoms with E-state index in [1.165, 1.54) is 0 Å². The van der Waals surface area contributed by atoms with Crippen molar-refractivity contribution in [1.29, 1.82) is 0 Å². The summed E-state index contributed by atoms with van der Waals surface area (Å²) in [5.41, 5.74) is 7.37. The molecule has 1 aromatic rings. The molecule has 1 saturated heterocycles. The van der Waals surface area contributed by atoms with Gasteiger partial charge in [0.05, 0.1) is 0 Å². The lowest BCUT2D eigenvalue weighted by atomic mass is 10.1. The summed E-state index contributed by atoms with van der Waals surface area (Å²) < 4.78 is 0. The molecule has 0 unspecified atom stereocenters. The molecule has 0 aromatic heterocycles. The van der Waals surface area contributed by atoms with Gasteiger partial charge >= 0.3 is 11.8 Å². The average Bonchev–Trinajstić information content (AvgIpc) is 2.38. The number of amides is 2. The Kier molecular flexibility index (Phi) is 3.50. The number of nitrogens with two attached hydrogens (primary N) is 1. The van der Waals surface area contributed by atoms with Crippen LogP contribution in [0.15, 0.2) is 24.3 Å². The number of piperazine rings is 1. The molecule has 0 radical (unpaired) electrons. The molecular weight excluding hydrogens is 230 g/mol. The monoisotopic (exact) mass is 247 g/mol. The fraction of sp³-hybridized carbons (Fsp3) is 0.385. The number of carbonyl (C=O) groups excluding carboxylic acids is 2. The molecule has 0 spiro atoms. The zero-order chi connectivity index (χ0) is 13.1. The quantitative estimate of drug-likeness (QED) is 0.623. The molecule has 2 rings (SSSR count). The first kappa shape index (κ1) is 12.4. The molecule has 0 bridgehead atoms. The Morgan fingerprint density at radius 1 is 1.11 bits per heavy atom. The highest BCUT2D eigenvalue weighted by Gasteiger charge is 2.31. The minimum Gasteiger partial charge on any atom is -0.398 e. The topological polar surface area (TPSA) is 66.6 Å². The lowest BCUT2D eigenvalue weighted by Gasteiger charge is -2.33. The van der Waals surface area contributed by atoms with Gasteiger partial charge in [-0.25, -0.2) is 0 Å². The van der Waals surface area contributed by atoms with Crippen LogP contribution in [0.5, 0.6) is 0 Å². The van der Waals surface area contributed by atoms with E-state index in [2.05, 4.69) is 0 Å². The zero-order valence-electron chi connectivity index (χ0n) is 10.4. The lowest BCUT2D eigenvalue weighted by molar-refractivity contribution is -0.156. The summed E-state index contributed by atoms with van der Waals surface area (Å²) >= 11 is 0. The van der Waals surface area contributed by atoms with Gasteiger partial charge in [-0.3, -0.25) is 9.59 Å². The standard InChI is InChI=1S/C13H17N3O2/c1-2-15-7-8-16(13(18)12(15)17)9-10-5-3-4-6-11(10)14/h3-6H,2,7-9,14H2,1H3. The number of benzene rings is 1. The van der Waals surface area contributed by atoms with Crippen molar-refractivity contribution in [2.75, 3.05) is 25.4 Å². The molecule has 2 N–H and O–H groups in total. The second kappa shape index (κ2) is 5.08. The minimum absolute atomic E-state index is 0.398. The molecule has 96 valence electrons. The number of anilines is 1. The van der Waals surface area contributed by atoms with Gasteiger partial charge in [-0.1, -0.05) is 18.2 Å². The summed E-state index contributed by atoms with van der Waals surface area (Å²) in [5, 5.41) is 0. The first-order valence-corrected chi connectivity index (χ1v) is 6.05. The van der Waals surface area contributed by atoms with E-state index < -0.39 is 11.8 Å². The van der Waals surface area contributed by atoms with Crippen molar-refractivity contribution in [3.63, 3.8) is 0 Å². The summed E-state index contributed by atoms with van der Waals surface area (Å²) in [4.78, 5) is 26.8. The molecular formula is C13H17N3O2. The van der Waals surface area contributed by atoms with Crippen LogP contribution in [0.4, 0.5) is 5.69 Å². The normalized spacial score (nSPS) is 16.3. The SMILES string of the molecule is CCN1CCN(Cc2ccccc2N)C(=O)C1=O. The Bertz CT molecular complexity index is 473. The second-order valence-corrected chi connectivity index (χ2v) is 4.31. The zero-order valence-corrected chi connectivity index (χ0v) is 10.4. The van der Waals surface area contributed by atoms with Crippen molar-refractivity contribution in [3.05, 3.63) is 29.8 Å². The van der Waals surface area contributed by atoms with Crippen molar-refractivity contribution in [1.82, 2.24) is 9.80 Å². The van der Waals surface area contributed by atoms with E-state index in [0.717, 1.165) is 5.56 Å². The highest BCUT2D eigenvalue weighted by Crippen LogP contribution is 2.15. The summed E-state index contributed by atoms with van der Waals surface area (Å²) in [6.45, 7) is 4.00. The number of para-hydroxylation sites is 1. The Balaban J connectivity index is 2.10. The van der Waals surface area contributed by atoms with Gasteiger partial charge in [0.25, 0.3) is 0 Å². The van der Waals surface area contributed by atoms with E-state index in [-0.39, 0.29) is 0 Å². The van der Waals surface area contributed by atoms with Gasteiger partial charge in [-0.15, -0.1) is 0 Å². The molecule has 1 heterocycles. The molecule has 18 heavy (non-hydrogen) atoms. The maximum Gasteiger partial charge on any atom is 0.312 e. The number of nitrogen functional groups attached to an aromatic ring is 1. The van der Waals surface area contributed by atoms with Gasteiger partial charge in [0.15, 0.2) is 0 Å². The fourth-order valence-electron chi connectivity index (χ4n) is 2.05. The van der Waals surface area contributed by atoms with Crippen molar-refractivity contribution in [2.24, 2.45) is 0 Å². The Labute approximate surface area is 106 Å². The third kappa shape index (κ3) is 2.30. The van der Waals surface area contributed by atoms with Gasteiger partial charge in [-0.2, -0.15) is 0 Å². The number of likely N-dealkylation sites (N-methyl/N-ethyl adjacent to an activating group) is 1. The molecule has 0 saturated carbocycles. The van der Waals surface area contributed by atoms with Crippen LogP contribution in [0, 0.1) is 0 Å². The van der Waals surface area contributed by atoms with Crippen molar-refractivity contribution < 1.29 is 9.59 Å². The molecule has 1 aliphatic heterocycles. The summed E-state index contributed by atoms with van der Waals surface area (Å²) in [5.74, 6) is -0.857. The van der Waals surface area contributed by atoms with Crippen molar-refractivity contribution in [2.45, 2.75) is 13.5 Å². The summed E-state index contributed by atoms with van der Waals surface area (Å²) in [7, 11) is 0. The fourth-order valence-corrected chi connectivity index (χ4v) is 2.05. The van der Waals surface area contributed by atoms with E-state index in [4.69, 9.17) is 5.73 Å². The largest absolute Gasteiger partial charge is 0.398 e. The third-order valence-electron chi connectivity index (χ3n) is 3.20. The van der Waals surface area contributed by atoms with Crippen LogP contribution < -0.4 is 5.73 Å². The van der Waals surface area contributed by atoms with Gasteiger partial charge in [0.1, 0.15) is 0 Å². The lowest BCUT2D eigenvalue weighted by Crippen LogP contribution is -2.53. The molecule has 1 fully saturated rings. The maximum absolute atomic E-state index is 11.9. The first-order valence-electron chi connectivity index (χ1n) is 6.05. The smallest absolute Gasteiger partial charge is 0.312 e. The molecule has 2 amide bonds. The Hall–Kier alpha value is -2.04. The highest BCUT2D eigenvalue weighted by molar-refractivity contribution is 6.35.